The number of Topliss-reactive ketones (excluding diaryl/α,β-unsaturated/α-hetero) is 1. The van der Waals surface area contributed by atoms with Crippen LogP contribution in [0.5, 0.6) is 0 Å². The molecule has 0 radical (unpaired) electrons. The fourth-order valence-corrected chi connectivity index (χ4v) is 3.65. The number of rotatable bonds is 7. The van der Waals surface area contributed by atoms with Gasteiger partial charge in [0.25, 0.3) is 0 Å². The van der Waals surface area contributed by atoms with E-state index in [2.05, 4.69) is 10.6 Å². The molecule has 7 heteroatoms. The highest BCUT2D eigenvalue weighted by molar-refractivity contribution is 7.18. The number of ketones is 1. The van der Waals surface area contributed by atoms with Crippen molar-refractivity contribution < 1.29 is 14.4 Å². The number of thiophene rings is 1. The summed E-state index contributed by atoms with van der Waals surface area (Å²) in [6.07, 6.45) is 0.116. The van der Waals surface area contributed by atoms with Gasteiger partial charge < -0.3 is 10.6 Å². The molecule has 1 heterocycles. The molecule has 138 valence electrons. The van der Waals surface area contributed by atoms with Crippen LogP contribution < -0.4 is 10.6 Å². The van der Waals surface area contributed by atoms with Gasteiger partial charge in [-0.1, -0.05) is 29.3 Å². The fraction of sp³-hybridized carbons (Fsp3) is 0.316. The number of halogens is 1. The Hall–Kier alpha value is -2.18. The van der Waals surface area contributed by atoms with Crippen molar-refractivity contribution in [2.75, 3.05) is 11.9 Å². The zero-order valence-electron chi connectivity index (χ0n) is 14.9. The zero-order valence-corrected chi connectivity index (χ0v) is 16.5. The molecule has 0 fully saturated rings. The van der Waals surface area contributed by atoms with Crippen LogP contribution in [0.25, 0.3) is 0 Å². The molecule has 2 aromatic rings. The highest BCUT2D eigenvalue weighted by Gasteiger charge is 2.13. The lowest BCUT2D eigenvalue weighted by Gasteiger charge is -2.13. The third kappa shape index (κ3) is 5.68. The van der Waals surface area contributed by atoms with Gasteiger partial charge in [0.05, 0.1) is 15.8 Å². The summed E-state index contributed by atoms with van der Waals surface area (Å²) in [5.41, 5.74) is 3.84. The standard InChI is InChI=1S/C19H21ClN2O3S/c1-11-8-12(2)19(13(3)9-11)22-18(25)10-21-17(24)7-4-14(23)15-5-6-16(20)26-15/h5-6,8-9H,4,7,10H2,1-3H3,(H,21,24)(H,22,25). The molecule has 0 saturated heterocycles. The SMILES string of the molecule is Cc1cc(C)c(NC(=O)CNC(=O)CCC(=O)c2ccc(Cl)s2)c(C)c1. The van der Waals surface area contributed by atoms with Gasteiger partial charge in [0.2, 0.25) is 11.8 Å². The molecule has 0 saturated carbocycles. The van der Waals surface area contributed by atoms with Gasteiger partial charge in [-0.25, -0.2) is 0 Å². The largest absolute Gasteiger partial charge is 0.347 e. The summed E-state index contributed by atoms with van der Waals surface area (Å²) in [5, 5.41) is 5.36. The van der Waals surface area contributed by atoms with Crippen molar-refractivity contribution in [3.63, 3.8) is 0 Å². The third-order valence-electron chi connectivity index (χ3n) is 3.81. The number of amides is 2. The van der Waals surface area contributed by atoms with Crippen LogP contribution >= 0.6 is 22.9 Å². The quantitative estimate of drug-likeness (QED) is 0.698. The molecule has 0 aliphatic carbocycles. The van der Waals surface area contributed by atoms with E-state index in [9.17, 15) is 14.4 Å². The van der Waals surface area contributed by atoms with Crippen molar-refractivity contribution >= 4 is 46.2 Å². The number of aryl methyl sites for hydroxylation is 3. The summed E-state index contributed by atoms with van der Waals surface area (Å²) in [7, 11) is 0. The smallest absolute Gasteiger partial charge is 0.243 e. The van der Waals surface area contributed by atoms with Gasteiger partial charge in [0.1, 0.15) is 0 Å². The molecule has 2 amide bonds. The predicted octanol–water partition coefficient (Wildman–Crippen LogP) is 4.04. The Morgan fingerprint density at radius 3 is 2.23 bits per heavy atom. The lowest BCUT2D eigenvalue weighted by Crippen LogP contribution is -2.33. The van der Waals surface area contributed by atoms with Crippen molar-refractivity contribution in [3.05, 3.63) is 50.2 Å². The molecule has 26 heavy (non-hydrogen) atoms. The molecule has 0 atom stereocenters. The van der Waals surface area contributed by atoms with E-state index in [1.807, 2.05) is 32.9 Å². The number of anilines is 1. The van der Waals surface area contributed by atoms with Gasteiger partial charge in [-0.2, -0.15) is 0 Å². The molecule has 2 N–H and O–H groups in total. The zero-order chi connectivity index (χ0) is 19.3. The van der Waals surface area contributed by atoms with Crippen molar-refractivity contribution in [2.24, 2.45) is 0 Å². The van der Waals surface area contributed by atoms with E-state index < -0.39 is 0 Å². The van der Waals surface area contributed by atoms with Crippen LogP contribution in [0.15, 0.2) is 24.3 Å². The van der Waals surface area contributed by atoms with Crippen LogP contribution in [0, 0.1) is 20.8 Å². The molecule has 0 bridgehead atoms. The van der Waals surface area contributed by atoms with Crippen LogP contribution in [0.3, 0.4) is 0 Å². The summed E-state index contributed by atoms with van der Waals surface area (Å²) < 4.78 is 0.538. The minimum atomic E-state index is -0.339. The molecular weight excluding hydrogens is 372 g/mol. The number of carbonyl (C=O) groups is 3. The Kier molecular flexibility index (Phi) is 6.94. The summed E-state index contributed by atoms with van der Waals surface area (Å²) >= 11 is 6.98. The molecule has 5 nitrogen and oxygen atoms in total. The van der Waals surface area contributed by atoms with Crippen molar-refractivity contribution in [1.82, 2.24) is 5.32 Å². The first-order valence-corrected chi connectivity index (χ1v) is 9.38. The first kappa shape index (κ1) is 20.1. The molecule has 1 aromatic carbocycles. The molecule has 1 aromatic heterocycles. The minimum Gasteiger partial charge on any atom is -0.347 e. The van der Waals surface area contributed by atoms with E-state index in [-0.39, 0.29) is 37.0 Å². The average molecular weight is 393 g/mol. The monoisotopic (exact) mass is 392 g/mol. The summed E-state index contributed by atoms with van der Waals surface area (Å²) in [4.78, 5) is 36.4. The van der Waals surface area contributed by atoms with Gasteiger partial charge >= 0.3 is 0 Å². The summed E-state index contributed by atoms with van der Waals surface area (Å²) in [6.45, 7) is 5.72. The average Bonchev–Trinajstić information content (AvgIpc) is 3.00. The lowest BCUT2D eigenvalue weighted by molar-refractivity contribution is -0.124. The van der Waals surface area contributed by atoms with Gasteiger partial charge in [-0.3, -0.25) is 14.4 Å². The third-order valence-corrected chi connectivity index (χ3v) is 5.09. The number of hydrogen-bond donors (Lipinski definition) is 2. The first-order valence-electron chi connectivity index (χ1n) is 8.19. The van der Waals surface area contributed by atoms with E-state index >= 15 is 0 Å². The Bertz CT molecular complexity index is 822. The van der Waals surface area contributed by atoms with E-state index in [0.717, 1.165) is 22.4 Å². The second kappa shape index (κ2) is 8.96. The normalized spacial score (nSPS) is 10.5. The maximum absolute atomic E-state index is 12.1. The second-order valence-corrected chi connectivity index (χ2v) is 7.84. The Morgan fingerprint density at radius 2 is 1.65 bits per heavy atom. The van der Waals surface area contributed by atoms with Crippen LogP contribution in [-0.2, 0) is 9.59 Å². The number of benzene rings is 1. The van der Waals surface area contributed by atoms with Gasteiger partial charge in [-0.15, -0.1) is 11.3 Å². The van der Waals surface area contributed by atoms with Gasteiger partial charge in [-0.05, 0) is 44.0 Å². The van der Waals surface area contributed by atoms with Crippen LogP contribution in [0.4, 0.5) is 5.69 Å². The van der Waals surface area contributed by atoms with Crippen molar-refractivity contribution in [1.29, 1.82) is 0 Å². The summed E-state index contributed by atoms with van der Waals surface area (Å²) in [6, 6.07) is 7.28. The van der Waals surface area contributed by atoms with Crippen molar-refractivity contribution in [3.8, 4) is 0 Å². The highest BCUT2D eigenvalue weighted by Crippen LogP contribution is 2.23. The second-order valence-electron chi connectivity index (χ2n) is 6.13. The summed E-state index contributed by atoms with van der Waals surface area (Å²) in [5.74, 6) is -0.773. The first-order chi connectivity index (χ1) is 12.3. The molecule has 0 spiro atoms. The fourth-order valence-electron chi connectivity index (χ4n) is 2.64. The number of nitrogens with one attached hydrogen (secondary N) is 2. The van der Waals surface area contributed by atoms with Crippen LogP contribution in [0.2, 0.25) is 4.34 Å². The Morgan fingerprint density at radius 1 is 1.00 bits per heavy atom. The van der Waals surface area contributed by atoms with Gasteiger partial charge in [0, 0.05) is 18.5 Å². The molecule has 0 aliphatic rings. The molecule has 2 rings (SSSR count). The van der Waals surface area contributed by atoms with Crippen molar-refractivity contribution in [2.45, 2.75) is 33.6 Å². The highest BCUT2D eigenvalue weighted by atomic mass is 35.5. The number of hydrogen-bond acceptors (Lipinski definition) is 4. The van der Waals surface area contributed by atoms with Crippen LogP contribution in [-0.4, -0.2) is 24.1 Å². The Labute approximate surface area is 161 Å². The molecule has 0 unspecified atom stereocenters. The van der Waals surface area contributed by atoms with Gasteiger partial charge in [0.15, 0.2) is 5.78 Å². The topological polar surface area (TPSA) is 75.3 Å². The lowest BCUT2D eigenvalue weighted by atomic mass is 10.1. The molecular formula is C19H21ClN2O3S. The maximum Gasteiger partial charge on any atom is 0.243 e. The van der Waals surface area contributed by atoms with E-state index in [4.69, 9.17) is 11.6 Å². The maximum atomic E-state index is 12.1. The Balaban J connectivity index is 1.78. The number of carbonyl (C=O) groups excluding carboxylic acids is 3. The predicted molar refractivity (Wildman–Crippen MR) is 105 cm³/mol. The van der Waals surface area contributed by atoms with E-state index in [1.165, 1.54) is 11.3 Å². The van der Waals surface area contributed by atoms with Crippen LogP contribution in [0.1, 0.15) is 39.2 Å². The van der Waals surface area contributed by atoms with E-state index in [0.29, 0.717) is 9.21 Å². The molecule has 0 aliphatic heterocycles. The van der Waals surface area contributed by atoms with E-state index in [1.54, 1.807) is 12.1 Å². The minimum absolute atomic E-state index is 0.0320.